The molecule has 0 bridgehead atoms. The summed E-state index contributed by atoms with van der Waals surface area (Å²) in [4.78, 5) is 0. The molecule has 2 unspecified atom stereocenters. The molecule has 0 spiro atoms. The molecular weight excluding hydrogens is 158 g/mol. The number of nitriles is 1. The molecule has 0 aromatic heterocycles. The predicted molar refractivity (Wildman–Crippen MR) is 43.2 cm³/mol. The van der Waals surface area contributed by atoms with Crippen molar-refractivity contribution < 1.29 is 14.6 Å². The second-order valence-corrected chi connectivity index (χ2v) is 2.61. The number of rotatable bonds is 5. The minimum Gasteiger partial charge on any atom is -0.392 e. The zero-order valence-corrected chi connectivity index (χ0v) is 7.65. The van der Waals surface area contributed by atoms with Gasteiger partial charge in [0.15, 0.2) is 6.29 Å². The van der Waals surface area contributed by atoms with Gasteiger partial charge in [-0.1, -0.05) is 0 Å². The standard InChI is InChI=1S/C8H15NO3/c1-6(10)7(5-9)4-8(11-2)12-3/h6-8,10H,4H2,1-3H3. The number of methoxy groups -OCH3 is 2. The van der Waals surface area contributed by atoms with Crippen LogP contribution in [0.4, 0.5) is 0 Å². The van der Waals surface area contributed by atoms with Gasteiger partial charge in [0.05, 0.1) is 18.1 Å². The molecule has 1 N–H and O–H groups in total. The summed E-state index contributed by atoms with van der Waals surface area (Å²) in [5.41, 5.74) is 0. The summed E-state index contributed by atoms with van der Waals surface area (Å²) in [6, 6.07) is 1.99. The van der Waals surface area contributed by atoms with E-state index >= 15 is 0 Å². The third-order valence-electron chi connectivity index (χ3n) is 1.72. The minimum atomic E-state index is -0.650. The molecular formula is C8H15NO3. The van der Waals surface area contributed by atoms with E-state index < -0.39 is 18.3 Å². The van der Waals surface area contributed by atoms with E-state index in [0.29, 0.717) is 6.42 Å². The third kappa shape index (κ3) is 3.67. The van der Waals surface area contributed by atoms with Gasteiger partial charge in [0, 0.05) is 20.6 Å². The summed E-state index contributed by atoms with van der Waals surface area (Å²) in [7, 11) is 3.01. The Labute approximate surface area is 72.7 Å². The molecule has 0 radical (unpaired) electrons. The molecule has 0 aromatic carbocycles. The summed E-state index contributed by atoms with van der Waals surface area (Å²) >= 11 is 0. The molecule has 70 valence electrons. The maximum absolute atomic E-state index is 9.12. The minimum absolute atomic E-state index is 0.390. The highest BCUT2D eigenvalue weighted by molar-refractivity contribution is 4.86. The molecule has 0 aliphatic heterocycles. The summed E-state index contributed by atoms with van der Waals surface area (Å²) in [6.07, 6.45) is -0.673. The van der Waals surface area contributed by atoms with Crippen LogP contribution in [0.25, 0.3) is 0 Å². The molecule has 0 aliphatic carbocycles. The number of aliphatic hydroxyl groups is 1. The average molecular weight is 173 g/mol. The van der Waals surface area contributed by atoms with E-state index in [1.165, 1.54) is 14.2 Å². The maximum Gasteiger partial charge on any atom is 0.158 e. The first-order valence-electron chi connectivity index (χ1n) is 3.79. The number of aliphatic hydroxyl groups excluding tert-OH is 1. The molecule has 0 aliphatic rings. The van der Waals surface area contributed by atoms with E-state index in [4.69, 9.17) is 19.8 Å². The van der Waals surface area contributed by atoms with Crippen molar-refractivity contribution in [1.82, 2.24) is 0 Å². The second-order valence-electron chi connectivity index (χ2n) is 2.61. The molecule has 0 rings (SSSR count). The zero-order valence-electron chi connectivity index (χ0n) is 7.65. The number of ether oxygens (including phenoxy) is 2. The third-order valence-corrected chi connectivity index (χ3v) is 1.72. The van der Waals surface area contributed by atoms with Crippen LogP contribution >= 0.6 is 0 Å². The van der Waals surface area contributed by atoms with Crippen molar-refractivity contribution in [1.29, 1.82) is 5.26 Å². The molecule has 0 saturated carbocycles. The van der Waals surface area contributed by atoms with E-state index in [-0.39, 0.29) is 0 Å². The number of hydrogen-bond acceptors (Lipinski definition) is 4. The van der Waals surface area contributed by atoms with Gasteiger partial charge in [-0.25, -0.2) is 0 Å². The van der Waals surface area contributed by atoms with Crippen molar-refractivity contribution in [3.63, 3.8) is 0 Å². The molecule has 0 saturated heterocycles. The van der Waals surface area contributed by atoms with E-state index in [1.807, 2.05) is 6.07 Å². The lowest BCUT2D eigenvalue weighted by atomic mass is 10.0. The van der Waals surface area contributed by atoms with Crippen LogP contribution in [0.5, 0.6) is 0 Å². The summed E-state index contributed by atoms with van der Waals surface area (Å²) in [5.74, 6) is -0.435. The van der Waals surface area contributed by atoms with Crippen LogP contribution in [0.3, 0.4) is 0 Å². The van der Waals surface area contributed by atoms with Gasteiger partial charge >= 0.3 is 0 Å². The quantitative estimate of drug-likeness (QED) is 0.615. The first kappa shape index (κ1) is 11.4. The lowest BCUT2D eigenvalue weighted by Crippen LogP contribution is -2.23. The smallest absolute Gasteiger partial charge is 0.158 e. The van der Waals surface area contributed by atoms with E-state index in [1.54, 1.807) is 6.92 Å². The number of nitrogens with zero attached hydrogens (tertiary/aromatic N) is 1. The first-order chi connectivity index (χ1) is 5.65. The Hall–Kier alpha value is -0.630. The van der Waals surface area contributed by atoms with Crippen molar-refractivity contribution in [2.45, 2.75) is 25.7 Å². The highest BCUT2D eigenvalue weighted by Gasteiger charge is 2.19. The van der Waals surface area contributed by atoms with Gasteiger partial charge in [0.1, 0.15) is 0 Å². The lowest BCUT2D eigenvalue weighted by Gasteiger charge is -2.18. The fraction of sp³-hybridized carbons (Fsp3) is 0.875. The summed E-state index contributed by atoms with van der Waals surface area (Å²) in [6.45, 7) is 1.58. The topological polar surface area (TPSA) is 62.5 Å². The van der Waals surface area contributed by atoms with Crippen molar-refractivity contribution in [3.8, 4) is 6.07 Å². The van der Waals surface area contributed by atoms with Crippen molar-refractivity contribution in [3.05, 3.63) is 0 Å². The van der Waals surface area contributed by atoms with E-state index in [2.05, 4.69) is 0 Å². The van der Waals surface area contributed by atoms with Crippen LogP contribution in [0.1, 0.15) is 13.3 Å². The Bertz CT molecular complexity index is 149. The maximum atomic E-state index is 9.12. The summed E-state index contributed by atoms with van der Waals surface area (Å²) in [5, 5.41) is 17.7. The van der Waals surface area contributed by atoms with Crippen LogP contribution in [0.15, 0.2) is 0 Å². The van der Waals surface area contributed by atoms with Gasteiger partial charge < -0.3 is 14.6 Å². The Morgan fingerprint density at radius 3 is 2.17 bits per heavy atom. The van der Waals surface area contributed by atoms with Crippen molar-refractivity contribution >= 4 is 0 Å². The van der Waals surface area contributed by atoms with Gasteiger partial charge in [-0.15, -0.1) is 0 Å². The van der Waals surface area contributed by atoms with Gasteiger partial charge in [0.25, 0.3) is 0 Å². The fourth-order valence-corrected chi connectivity index (χ4v) is 0.854. The lowest BCUT2D eigenvalue weighted by molar-refractivity contribution is -0.116. The largest absolute Gasteiger partial charge is 0.392 e. The van der Waals surface area contributed by atoms with Crippen LogP contribution in [0, 0.1) is 17.2 Å². The van der Waals surface area contributed by atoms with Crippen LogP contribution in [-0.4, -0.2) is 31.7 Å². The monoisotopic (exact) mass is 173 g/mol. The SMILES string of the molecule is COC(CC(C#N)C(C)O)OC. The second kappa shape index (κ2) is 5.95. The van der Waals surface area contributed by atoms with E-state index in [9.17, 15) is 0 Å². The van der Waals surface area contributed by atoms with Gasteiger partial charge in [-0.05, 0) is 6.92 Å². The fourth-order valence-electron chi connectivity index (χ4n) is 0.854. The Kier molecular flexibility index (Phi) is 5.64. The molecule has 4 heteroatoms. The van der Waals surface area contributed by atoms with Crippen molar-refractivity contribution in [2.24, 2.45) is 5.92 Å². The normalized spacial score (nSPS) is 15.7. The molecule has 0 amide bonds. The van der Waals surface area contributed by atoms with Crippen molar-refractivity contribution in [2.75, 3.05) is 14.2 Å². The highest BCUT2D eigenvalue weighted by atomic mass is 16.7. The Balaban J connectivity index is 3.93. The predicted octanol–water partition coefficient (Wildman–Crippen LogP) is 0.516. The zero-order chi connectivity index (χ0) is 9.56. The highest BCUT2D eigenvalue weighted by Crippen LogP contribution is 2.12. The molecule has 4 nitrogen and oxygen atoms in total. The molecule has 0 aromatic rings. The molecule has 12 heavy (non-hydrogen) atoms. The molecule has 2 atom stereocenters. The Morgan fingerprint density at radius 2 is 1.92 bits per heavy atom. The van der Waals surface area contributed by atoms with Gasteiger partial charge in [0.2, 0.25) is 0 Å². The van der Waals surface area contributed by atoms with Crippen LogP contribution in [0.2, 0.25) is 0 Å². The van der Waals surface area contributed by atoms with Gasteiger partial charge in [-0.2, -0.15) is 5.26 Å². The van der Waals surface area contributed by atoms with Gasteiger partial charge in [-0.3, -0.25) is 0 Å². The number of hydrogen-bond donors (Lipinski definition) is 1. The summed E-state index contributed by atoms with van der Waals surface area (Å²) < 4.78 is 9.80. The van der Waals surface area contributed by atoms with Crippen LogP contribution in [-0.2, 0) is 9.47 Å². The Morgan fingerprint density at radius 1 is 1.42 bits per heavy atom. The molecule has 0 fully saturated rings. The van der Waals surface area contributed by atoms with Crippen LogP contribution < -0.4 is 0 Å². The molecule has 0 heterocycles. The first-order valence-corrected chi connectivity index (χ1v) is 3.79. The van der Waals surface area contributed by atoms with E-state index in [0.717, 1.165) is 0 Å². The average Bonchev–Trinajstić information content (AvgIpc) is 2.06.